The number of benzene rings is 1. The number of carboxylic acid groups (broad SMARTS) is 1. The number of aromatic carboxylic acids is 1. The van der Waals surface area contributed by atoms with Crippen LogP contribution in [-0.2, 0) is 21.2 Å². The molecule has 22 heavy (non-hydrogen) atoms. The number of ether oxygens (including phenoxy) is 1. The number of halogens is 1. The van der Waals surface area contributed by atoms with Gasteiger partial charge in [0.1, 0.15) is 12.3 Å². The third-order valence-corrected chi connectivity index (χ3v) is 4.37. The first kappa shape index (κ1) is 16.5. The maximum atomic E-state index is 11.9. The number of sulfone groups is 1. The maximum Gasteiger partial charge on any atom is 0.337 e. The number of hydrogen-bond acceptors (Lipinski definition) is 6. The molecule has 0 aliphatic heterocycles. The lowest BCUT2D eigenvalue weighted by Gasteiger charge is -2.09. The van der Waals surface area contributed by atoms with Crippen molar-refractivity contribution in [3.8, 4) is 11.3 Å². The largest absolute Gasteiger partial charge is 0.478 e. The van der Waals surface area contributed by atoms with Crippen LogP contribution in [0.3, 0.4) is 0 Å². The van der Waals surface area contributed by atoms with Crippen molar-refractivity contribution < 1.29 is 27.6 Å². The molecule has 1 aromatic heterocycles. The van der Waals surface area contributed by atoms with Gasteiger partial charge in [0, 0.05) is 25.0 Å². The van der Waals surface area contributed by atoms with Crippen LogP contribution in [0.2, 0.25) is 5.02 Å². The summed E-state index contributed by atoms with van der Waals surface area (Å²) >= 11 is 6.08. The molecule has 118 valence electrons. The van der Waals surface area contributed by atoms with Crippen LogP contribution >= 0.6 is 11.6 Å². The van der Waals surface area contributed by atoms with Crippen LogP contribution in [0.5, 0.6) is 0 Å². The predicted octanol–water partition coefficient (Wildman–Crippen LogP) is 2.24. The van der Waals surface area contributed by atoms with E-state index in [-0.39, 0.29) is 33.3 Å². The van der Waals surface area contributed by atoms with Gasteiger partial charge >= 0.3 is 5.97 Å². The Morgan fingerprint density at radius 3 is 2.68 bits per heavy atom. The highest BCUT2D eigenvalue weighted by atomic mass is 35.5. The van der Waals surface area contributed by atoms with Crippen molar-refractivity contribution in [1.82, 2.24) is 5.16 Å². The highest BCUT2D eigenvalue weighted by Crippen LogP contribution is 2.36. The molecule has 0 fully saturated rings. The summed E-state index contributed by atoms with van der Waals surface area (Å²) in [6, 6.07) is 3.77. The van der Waals surface area contributed by atoms with Gasteiger partial charge in [-0.3, -0.25) is 0 Å². The van der Waals surface area contributed by atoms with Crippen molar-refractivity contribution in [2.24, 2.45) is 0 Å². The van der Waals surface area contributed by atoms with E-state index in [0.29, 0.717) is 5.76 Å². The van der Waals surface area contributed by atoms with Gasteiger partial charge in [-0.15, -0.1) is 0 Å². The van der Waals surface area contributed by atoms with Gasteiger partial charge < -0.3 is 14.4 Å². The second-order valence-electron chi connectivity index (χ2n) is 4.49. The van der Waals surface area contributed by atoms with Crippen molar-refractivity contribution in [3.63, 3.8) is 0 Å². The van der Waals surface area contributed by atoms with Crippen LogP contribution in [0.25, 0.3) is 11.3 Å². The molecule has 9 heteroatoms. The monoisotopic (exact) mass is 345 g/mol. The van der Waals surface area contributed by atoms with Crippen molar-refractivity contribution >= 4 is 27.4 Å². The third kappa shape index (κ3) is 3.13. The lowest BCUT2D eigenvalue weighted by Crippen LogP contribution is -2.05. The lowest BCUT2D eigenvalue weighted by molar-refractivity contribution is 0.0697. The summed E-state index contributed by atoms with van der Waals surface area (Å²) in [6.45, 7) is 0.136. The molecule has 0 aliphatic rings. The summed E-state index contributed by atoms with van der Waals surface area (Å²) in [4.78, 5) is 11.1. The van der Waals surface area contributed by atoms with Gasteiger partial charge in [0.2, 0.25) is 0 Å². The Balaban J connectivity index is 2.74. The average molecular weight is 346 g/mol. The van der Waals surface area contributed by atoms with Crippen molar-refractivity contribution in [1.29, 1.82) is 0 Å². The number of carboxylic acids is 1. The van der Waals surface area contributed by atoms with E-state index in [0.717, 1.165) is 12.3 Å². The van der Waals surface area contributed by atoms with E-state index in [1.807, 2.05) is 0 Å². The van der Waals surface area contributed by atoms with Crippen molar-refractivity contribution in [2.75, 3.05) is 13.4 Å². The molecular weight excluding hydrogens is 334 g/mol. The fourth-order valence-electron chi connectivity index (χ4n) is 1.91. The summed E-state index contributed by atoms with van der Waals surface area (Å²) < 4.78 is 33.7. The zero-order chi connectivity index (χ0) is 16.5. The number of carbonyl (C=O) groups is 1. The molecule has 0 atom stereocenters. The summed E-state index contributed by atoms with van der Waals surface area (Å²) in [6.07, 6.45) is 0.999. The molecule has 0 saturated carbocycles. The van der Waals surface area contributed by atoms with E-state index < -0.39 is 15.8 Å². The van der Waals surface area contributed by atoms with E-state index in [9.17, 15) is 13.2 Å². The molecular formula is C13H12ClNO6S. The summed E-state index contributed by atoms with van der Waals surface area (Å²) in [5.74, 6) is -0.916. The first-order chi connectivity index (χ1) is 10.3. The van der Waals surface area contributed by atoms with Crippen molar-refractivity contribution in [3.05, 3.63) is 34.5 Å². The normalized spacial score (nSPS) is 11.6. The molecule has 7 nitrogen and oxygen atoms in total. The fourth-order valence-corrected chi connectivity index (χ4v) is 3.20. The second kappa shape index (κ2) is 6.07. The number of methoxy groups -OCH3 is 1. The summed E-state index contributed by atoms with van der Waals surface area (Å²) in [5.41, 5.74) is -0.101. The Kier molecular flexibility index (Phi) is 4.55. The molecule has 2 aromatic rings. The number of rotatable bonds is 5. The van der Waals surface area contributed by atoms with E-state index in [1.54, 1.807) is 0 Å². The molecule has 0 radical (unpaired) electrons. The van der Waals surface area contributed by atoms with E-state index in [2.05, 4.69) is 5.16 Å². The van der Waals surface area contributed by atoms with Crippen LogP contribution < -0.4 is 0 Å². The summed E-state index contributed by atoms with van der Waals surface area (Å²) in [5, 5.41) is 12.7. The number of hydrogen-bond donors (Lipinski definition) is 1. The molecule has 1 aromatic carbocycles. The molecule has 1 N–H and O–H groups in total. The first-order valence-electron chi connectivity index (χ1n) is 5.96. The third-order valence-electron chi connectivity index (χ3n) is 2.84. The number of nitrogens with zero attached hydrogens (tertiary/aromatic N) is 1. The Labute approximate surface area is 131 Å². The smallest absolute Gasteiger partial charge is 0.337 e. The topological polar surface area (TPSA) is 107 Å². The molecule has 2 rings (SSSR count). The van der Waals surface area contributed by atoms with Gasteiger partial charge in [-0.2, -0.15) is 0 Å². The average Bonchev–Trinajstić information content (AvgIpc) is 2.85. The van der Waals surface area contributed by atoms with Gasteiger partial charge in [-0.1, -0.05) is 16.8 Å². The highest BCUT2D eigenvalue weighted by Gasteiger charge is 2.24. The van der Waals surface area contributed by atoms with Crippen LogP contribution in [0.4, 0.5) is 0 Å². The minimum Gasteiger partial charge on any atom is -0.478 e. The molecule has 0 bridgehead atoms. The minimum atomic E-state index is -3.64. The lowest BCUT2D eigenvalue weighted by atomic mass is 10.1. The summed E-state index contributed by atoms with van der Waals surface area (Å²) in [7, 11) is -2.18. The molecule has 0 unspecified atom stereocenters. The minimum absolute atomic E-state index is 0.00447. The van der Waals surface area contributed by atoms with Gasteiger partial charge in [-0.25, -0.2) is 13.2 Å². The zero-order valence-electron chi connectivity index (χ0n) is 11.7. The zero-order valence-corrected chi connectivity index (χ0v) is 13.2. The Morgan fingerprint density at radius 1 is 1.45 bits per heavy atom. The Hall–Kier alpha value is -1.90. The molecule has 1 heterocycles. The Morgan fingerprint density at radius 2 is 2.14 bits per heavy atom. The van der Waals surface area contributed by atoms with Gasteiger partial charge in [-0.05, 0) is 12.1 Å². The molecule has 0 amide bonds. The SMILES string of the molecule is COCc1cc(-c2c(S(C)(=O)=O)ccc(C(=O)O)c2Cl)no1. The van der Waals surface area contributed by atoms with Gasteiger partial charge in [0.15, 0.2) is 15.6 Å². The standard InChI is InChI=1S/C13H12ClNO6S/c1-20-6-7-5-9(15-21-7)11-10(22(2,18)19)4-3-8(12(11)14)13(16)17/h3-5H,6H2,1-2H3,(H,16,17). The van der Waals surface area contributed by atoms with Crippen LogP contribution in [0, 0.1) is 0 Å². The fraction of sp³-hybridized carbons (Fsp3) is 0.231. The predicted molar refractivity (Wildman–Crippen MR) is 77.7 cm³/mol. The van der Waals surface area contributed by atoms with E-state index in [4.69, 9.17) is 26.0 Å². The molecule has 0 spiro atoms. The van der Waals surface area contributed by atoms with E-state index >= 15 is 0 Å². The van der Waals surface area contributed by atoms with Crippen molar-refractivity contribution in [2.45, 2.75) is 11.5 Å². The molecule has 0 aliphatic carbocycles. The number of aromatic nitrogens is 1. The maximum absolute atomic E-state index is 11.9. The van der Waals surface area contributed by atoms with Crippen LogP contribution in [-0.4, -0.2) is 38.0 Å². The van der Waals surface area contributed by atoms with Gasteiger partial charge in [0.05, 0.1) is 15.5 Å². The van der Waals surface area contributed by atoms with Crippen LogP contribution in [0.15, 0.2) is 27.6 Å². The first-order valence-corrected chi connectivity index (χ1v) is 8.23. The second-order valence-corrected chi connectivity index (χ2v) is 6.85. The molecule has 0 saturated heterocycles. The van der Waals surface area contributed by atoms with Gasteiger partial charge in [0.25, 0.3) is 0 Å². The highest BCUT2D eigenvalue weighted by molar-refractivity contribution is 7.90. The Bertz CT molecular complexity index is 827. The van der Waals surface area contributed by atoms with Crippen LogP contribution in [0.1, 0.15) is 16.1 Å². The quantitative estimate of drug-likeness (QED) is 0.885. The van der Waals surface area contributed by atoms with E-state index in [1.165, 1.54) is 19.2 Å².